The fourth-order valence-electron chi connectivity index (χ4n) is 2.34. The van der Waals surface area contributed by atoms with Crippen LogP contribution in [0.4, 0.5) is 5.69 Å². The lowest BCUT2D eigenvalue weighted by molar-refractivity contribution is -0.124. The van der Waals surface area contributed by atoms with Gasteiger partial charge in [0.15, 0.2) is 0 Å². The van der Waals surface area contributed by atoms with E-state index >= 15 is 0 Å². The van der Waals surface area contributed by atoms with E-state index in [-0.39, 0.29) is 24.3 Å². The zero-order valence-electron chi connectivity index (χ0n) is 11.8. The molecule has 0 saturated carbocycles. The van der Waals surface area contributed by atoms with E-state index in [9.17, 15) is 9.59 Å². The molecule has 2 amide bonds. The van der Waals surface area contributed by atoms with Crippen molar-refractivity contribution in [3.8, 4) is 0 Å². The van der Waals surface area contributed by atoms with Crippen LogP contribution in [0.5, 0.6) is 0 Å². The van der Waals surface area contributed by atoms with Crippen LogP contribution in [-0.4, -0.2) is 17.9 Å². The Hall–Kier alpha value is -1.55. The van der Waals surface area contributed by atoms with Crippen LogP contribution < -0.4 is 10.6 Å². The highest BCUT2D eigenvalue weighted by molar-refractivity contribution is 6.33. The number of hydrogen-bond acceptors (Lipinski definition) is 2. The summed E-state index contributed by atoms with van der Waals surface area (Å²) in [5.41, 5.74) is 2.80. The molecule has 108 valence electrons. The Bertz CT molecular complexity index is 543. The minimum absolute atomic E-state index is 0.0262. The first-order valence-corrected chi connectivity index (χ1v) is 7.19. The first-order valence-electron chi connectivity index (χ1n) is 6.81. The molecule has 0 spiro atoms. The van der Waals surface area contributed by atoms with Crippen molar-refractivity contribution in [1.82, 2.24) is 5.32 Å². The zero-order chi connectivity index (χ0) is 14.7. The van der Waals surface area contributed by atoms with Gasteiger partial charge in [-0.05, 0) is 49.9 Å². The highest BCUT2D eigenvalue weighted by Gasteiger charge is 2.21. The number of benzene rings is 1. The van der Waals surface area contributed by atoms with Crippen molar-refractivity contribution in [3.63, 3.8) is 0 Å². The van der Waals surface area contributed by atoms with Crippen LogP contribution in [0.3, 0.4) is 0 Å². The van der Waals surface area contributed by atoms with Gasteiger partial charge in [0.2, 0.25) is 11.8 Å². The van der Waals surface area contributed by atoms with Gasteiger partial charge >= 0.3 is 0 Å². The van der Waals surface area contributed by atoms with Crippen molar-refractivity contribution in [3.05, 3.63) is 28.3 Å². The van der Waals surface area contributed by atoms with Gasteiger partial charge < -0.3 is 10.6 Å². The minimum Gasteiger partial charge on any atom is -0.353 e. The highest BCUT2D eigenvalue weighted by Crippen LogP contribution is 2.26. The first-order chi connectivity index (χ1) is 9.45. The first kappa shape index (κ1) is 14.9. The van der Waals surface area contributed by atoms with Crippen LogP contribution in [-0.2, 0) is 9.59 Å². The third kappa shape index (κ3) is 3.73. The summed E-state index contributed by atoms with van der Waals surface area (Å²) >= 11 is 6.13. The maximum absolute atomic E-state index is 12.0. The molecule has 1 atom stereocenters. The summed E-state index contributed by atoms with van der Waals surface area (Å²) in [7, 11) is 0. The molecule has 1 heterocycles. The molecule has 1 aliphatic heterocycles. The normalized spacial score (nSPS) is 18.6. The van der Waals surface area contributed by atoms with Gasteiger partial charge in [-0.25, -0.2) is 0 Å². The maximum Gasteiger partial charge on any atom is 0.226 e. The maximum atomic E-state index is 12.0. The predicted molar refractivity (Wildman–Crippen MR) is 80.0 cm³/mol. The van der Waals surface area contributed by atoms with E-state index in [1.165, 1.54) is 0 Å². The third-order valence-corrected chi connectivity index (χ3v) is 3.92. The van der Waals surface area contributed by atoms with Crippen LogP contribution >= 0.6 is 11.6 Å². The van der Waals surface area contributed by atoms with Crippen LogP contribution in [0.1, 0.15) is 36.8 Å². The summed E-state index contributed by atoms with van der Waals surface area (Å²) in [6.07, 6.45) is 2.53. The molecule has 1 aromatic carbocycles. The molecule has 0 radical (unpaired) electrons. The highest BCUT2D eigenvalue weighted by atomic mass is 35.5. The van der Waals surface area contributed by atoms with Crippen molar-refractivity contribution < 1.29 is 9.59 Å². The number of anilines is 1. The predicted octanol–water partition coefficient (Wildman–Crippen LogP) is 2.95. The molecule has 1 aliphatic rings. The number of rotatable bonds is 3. The van der Waals surface area contributed by atoms with Gasteiger partial charge in [-0.2, -0.15) is 0 Å². The van der Waals surface area contributed by atoms with Crippen LogP contribution in [0.15, 0.2) is 12.1 Å². The van der Waals surface area contributed by atoms with Crippen molar-refractivity contribution in [2.45, 2.75) is 45.6 Å². The van der Waals surface area contributed by atoms with Crippen molar-refractivity contribution >= 4 is 29.1 Å². The van der Waals surface area contributed by atoms with Gasteiger partial charge in [0.25, 0.3) is 0 Å². The number of amides is 2. The molecule has 2 rings (SSSR count). The molecular formula is C15H19ClN2O2. The molecule has 20 heavy (non-hydrogen) atoms. The average molecular weight is 295 g/mol. The number of nitrogens with one attached hydrogen (secondary N) is 2. The topological polar surface area (TPSA) is 58.2 Å². The molecule has 0 aromatic heterocycles. The Morgan fingerprint density at radius 3 is 2.80 bits per heavy atom. The summed E-state index contributed by atoms with van der Waals surface area (Å²) < 4.78 is 0. The summed E-state index contributed by atoms with van der Waals surface area (Å²) in [5, 5.41) is 6.19. The van der Waals surface area contributed by atoms with Crippen molar-refractivity contribution in [2.24, 2.45) is 0 Å². The molecule has 1 aromatic rings. The number of carbonyl (C=O) groups excluding carboxylic acids is 2. The van der Waals surface area contributed by atoms with Crippen molar-refractivity contribution in [2.75, 3.05) is 5.32 Å². The van der Waals surface area contributed by atoms with Gasteiger partial charge in [0.05, 0.1) is 10.7 Å². The van der Waals surface area contributed by atoms with Gasteiger partial charge in [0.1, 0.15) is 0 Å². The van der Waals surface area contributed by atoms with Gasteiger partial charge in [-0.3, -0.25) is 9.59 Å². The molecule has 1 fully saturated rings. The number of aryl methyl sites for hydroxylation is 2. The number of hydrogen-bond donors (Lipinski definition) is 2. The zero-order valence-corrected chi connectivity index (χ0v) is 12.5. The lowest BCUT2D eigenvalue weighted by Crippen LogP contribution is -2.40. The molecule has 2 N–H and O–H groups in total. The van der Waals surface area contributed by atoms with Crippen LogP contribution in [0, 0.1) is 13.8 Å². The van der Waals surface area contributed by atoms with Gasteiger partial charge in [-0.15, -0.1) is 0 Å². The summed E-state index contributed by atoms with van der Waals surface area (Å²) in [4.78, 5) is 23.3. The van der Waals surface area contributed by atoms with E-state index < -0.39 is 0 Å². The summed E-state index contributed by atoms with van der Waals surface area (Å²) in [5.74, 6) is -0.0967. The van der Waals surface area contributed by atoms with Gasteiger partial charge in [-0.1, -0.05) is 11.6 Å². The van der Waals surface area contributed by atoms with E-state index in [4.69, 9.17) is 11.6 Å². The van der Waals surface area contributed by atoms with E-state index in [0.717, 1.165) is 24.0 Å². The summed E-state index contributed by atoms with van der Waals surface area (Å²) in [6, 6.07) is 3.64. The Morgan fingerprint density at radius 1 is 1.40 bits per heavy atom. The molecule has 4 nitrogen and oxygen atoms in total. The Labute approximate surface area is 123 Å². The van der Waals surface area contributed by atoms with E-state index in [1.807, 2.05) is 26.0 Å². The van der Waals surface area contributed by atoms with E-state index in [1.54, 1.807) is 0 Å². The Kier molecular flexibility index (Phi) is 4.65. The van der Waals surface area contributed by atoms with Crippen molar-refractivity contribution in [1.29, 1.82) is 0 Å². The van der Waals surface area contributed by atoms with E-state index in [2.05, 4.69) is 10.6 Å². The molecule has 0 aliphatic carbocycles. The molecular weight excluding hydrogens is 276 g/mol. The van der Waals surface area contributed by atoms with E-state index in [0.29, 0.717) is 17.1 Å². The lowest BCUT2D eigenvalue weighted by atomic mass is 10.0. The average Bonchev–Trinajstić information content (AvgIpc) is 2.36. The smallest absolute Gasteiger partial charge is 0.226 e. The number of carbonyl (C=O) groups is 2. The number of piperidine rings is 1. The largest absolute Gasteiger partial charge is 0.353 e. The third-order valence-electron chi connectivity index (χ3n) is 3.61. The monoisotopic (exact) mass is 294 g/mol. The second kappa shape index (κ2) is 6.27. The fraction of sp³-hybridized carbons (Fsp3) is 0.467. The standard InChI is InChI=1S/C15H19ClN2O2/c1-9-6-12(16)13(7-10(9)2)18-15(20)8-11-4-3-5-14(19)17-11/h6-7,11H,3-5,8H2,1-2H3,(H,17,19)(H,18,20). The lowest BCUT2D eigenvalue weighted by Gasteiger charge is -2.22. The Morgan fingerprint density at radius 2 is 2.10 bits per heavy atom. The van der Waals surface area contributed by atoms with Gasteiger partial charge in [0, 0.05) is 18.9 Å². The summed E-state index contributed by atoms with van der Waals surface area (Å²) in [6.45, 7) is 3.95. The number of halogens is 1. The second-order valence-corrected chi connectivity index (χ2v) is 5.73. The molecule has 1 saturated heterocycles. The minimum atomic E-state index is -0.123. The molecule has 5 heteroatoms. The molecule has 0 bridgehead atoms. The van der Waals surface area contributed by atoms with Crippen LogP contribution in [0.2, 0.25) is 5.02 Å². The fourth-order valence-corrected chi connectivity index (χ4v) is 2.60. The molecule has 1 unspecified atom stereocenters. The second-order valence-electron chi connectivity index (χ2n) is 5.33. The SMILES string of the molecule is Cc1cc(Cl)c(NC(=O)CC2CCCC(=O)N2)cc1C. The quantitative estimate of drug-likeness (QED) is 0.900. The van der Waals surface area contributed by atoms with Crippen LogP contribution in [0.25, 0.3) is 0 Å². The Balaban J connectivity index is 1.97.